The fourth-order valence-electron chi connectivity index (χ4n) is 3.09. The summed E-state index contributed by atoms with van der Waals surface area (Å²) in [5.74, 6) is -1.99. The minimum absolute atomic E-state index is 0.173. The van der Waals surface area contributed by atoms with Gasteiger partial charge in [0.1, 0.15) is 11.8 Å². The van der Waals surface area contributed by atoms with Crippen LogP contribution < -0.4 is 10.0 Å². The lowest BCUT2D eigenvalue weighted by atomic mass is 10.1. The number of nitrogens with zero attached hydrogens (tertiary/aromatic N) is 4. The number of hydrogen-bond acceptors (Lipinski definition) is 6. The minimum atomic E-state index is -2.60. The molecule has 3 heterocycles. The minimum Gasteiger partial charge on any atom is -0.354 e. The first-order valence-electron chi connectivity index (χ1n) is 8.27. The average molecular weight is 373 g/mol. The van der Waals surface area contributed by atoms with Crippen LogP contribution in [0.1, 0.15) is 12.8 Å². The molecule has 1 aliphatic heterocycles. The molecule has 1 saturated heterocycles. The third-order valence-electron chi connectivity index (χ3n) is 4.52. The van der Waals surface area contributed by atoms with Crippen molar-refractivity contribution in [2.45, 2.75) is 23.7 Å². The first-order valence-corrected chi connectivity index (χ1v) is 9.15. The highest BCUT2D eigenvalue weighted by atomic mass is 32.2. The zero-order valence-corrected chi connectivity index (χ0v) is 14.7. The van der Waals surface area contributed by atoms with E-state index in [9.17, 15) is 8.78 Å². The molecule has 8 heteroatoms. The van der Waals surface area contributed by atoms with Crippen LogP contribution in [0.2, 0.25) is 0 Å². The van der Waals surface area contributed by atoms with Crippen LogP contribution in [0.5, 0.6) is 0 Å². The van der Waals surface area contributed by atoms with Gasteiger partial charge in [-0.2, -0.15) is 0 Å². The van der Waals surface area contributed by atoms with Gasteiger partial charge in [0.2, 0.25) is 0 Å². The Hall–Kier alpha value is -2.32. The Morgan fingerprint density at radius 2 is 1.88 bits per heavy atom. The smallest absolute Gasteiger partial charge is 0.251 e. The summed E-state index contributed by atoms with van der Waals surface area (Å²) in [6.07, 6.45) is 1.11. The molecular weight excluding hydrogens is 356 g/mol. The van der Waals surface area contributed by atoms with Gasteiger partial charge in [0.25, 0.3) is 5.92 Å². The van der Waals surface area contributed by atoms with E-state index in [1.165, 1.54) is 18.3 Å². The number of hydrogen-bond donors (Lipinski definition) is 1. The number of benzene rings is 1. The van der Waals surface area contributed by atoms with Gasteiger partial charge < -0.3 is 4.90 Å². The molecule has 1 aliphatic rings. The van der Waals surface area contributed by atoms with Gasteiger partial charge in [0, 0.05) is 36.4 Å². The van der Waals surface area contributed by atoms with Crippen molar-refractivity contribution in [3.8, 4) is 11.3 Å². The standard InChI is InChI=1S/C18H17F2N5S/c19-18(20)6-8-25(9-7-18)17-16-15(22-11-23-17)5-4-14(24-16)12-2-1-3-13(10-12)26-21/h1-5,10-11H,6-9,21H2. The summed E-state index contributed by atoms with van der Waals surface area (Å²) in [7, 11) is 0. The molecule has 5 nitrogen and oxygen atoms in total. The van der Waals surface area contributed by atoms with E-state index in [-0.39, 0.29) is 25.9 Å². The van der Waals surface area contributed by atoms with E-state index in [4.69, 9.17) is 10.1 Å². The number of aromatic nitrogens is 3. The number of rotatable bonds is 3. The summed E-state index contributed by atoms with van der Waals surface area (Å²) >= 11 is 1.18. The van der Waals surface area contributed by atoms with Gasteiger partial charge in [0.05, 0.1) is 11.2 Å². The summed E-state index contributed by atoms with van der Waals surface area (Å²) in [5, 5.41) is 5.64. The summed E-state index contributed by atoms with van der Waals surface area (Å²) in [5.41, 5.74) is 3.02. The summed E-state index contributed by atoms with van der Waals surface area (Å²) in [4.78, 5) is 16.1. The average Bonchev–Trinajstić information content (AvgIpc) is 2.67. The van der Waals surface area contributed by atoms with Gasteiger partial charge in [0.15, 0.2) is 5.82 Å². The quantitative estimate of drug-likeness (QED) is 0.703. The van der Waals surface area contributed by atoms with E-state index in [2.05, 4.69) is 9.97 Å². The van der Waals surface area contributed by atoms with Crippen LogP contribution in [-0.2, 0) is 0 Å². The molecule has 0 bridgehead atoms. The first-order chi connectivity index (χ1) is 12.6. The maximum Gasteiger partial charge on any atom is 0.251 e. The summed E-state index contributed by atoms with van der Waals surface area (Å²) < 4.78 is 27.0. The monoisotopic (exact) mass is 373 g/mol. The molecular formula is C18H17F2N5S. The molecule has 0 saturated carbocycles. The molecule has 0 atom stereocenters. The Morgan fingerprint density at radius 1 is 1.08 bits per heavy atom. The fourth-order valence-corrected chi connectivity index (χ4v) is 3.45. The topological polar surface area (TPSA) is 67.9 Å². The van der Waals surface area contributed by atoms with Crippen molar-refractivity contribution in [1.29, 1.82) is 0 Å². The first kappa shape index (κ1) is 17.1. The van der Waals surface area contributed by atoms with Crippen LogP contribution in [0, 0.1) is 0 Å². The van der Waals surface area contributed by atoms with Crippen LogP contribution in [0.15, 0.2) is 47.6 Å². The third-order valence-corrected chi connectivity index (χ3v) is 5.05. The highest BCUT2D eigenvalue weighted by Crippen LogP contribution is 2.32. The van der Waals surface area contributed by atoms with Crippen LogP contribution in [0.4, 0.5) is 14.6 Å². The van der Waals surface area contributed by atoms with Gasteiger partial charge in [-0.1, -0.05) is 12.1 Å². The van der Waals surface area contributed by atoms with Gasteiger partial charge in [-0.3, -0.25) is 5.14 Å². The van der Waals surface area contributed by atoms with E-state index in [0.29, 0.717) is 16.9 Å². The maximum absolute atomic E-state index is 13.5. The van der Waals surface area contributed by atoms with Gasteiger partial charge >= 0.3 is 0 Å². The molecule has 2 aromatic heterocycles. The number of piperidine rings is 1. The van der Waals surface area contributed by atoms with Crippen molar-refractivity contribution in [2.24, 2.45) is 5.14 Å². The van der Waals surface area contributed by atoms with Crippen molar-refractivity contribution in [2.75, 3.05) is 18.0 Å². The number of pyridine rings is 1. The predicted octanol–water partition coefficient (Wildman–Crippen LogP) is 3.89. The molecule has 4 rings (SSSR count). The SMILES string of the molecule is NSc1cccc(-c2ccc3ncnc(N4CCC(F)(F)CC4)c3n2)c1. The number of alkyl halides is 2. The van der Waals surface area contributed by atoms with Crippen molar-refractivity contribution < 1.29 is 8.78 Å². The number of nitrogens with two attached hydrogens (primary N) is 1. The van der Waals surface area contributed by atoms with E-state index in [1.807, 2.05) is 41.3 Å². The molecule has 134 valence electrons. The number of fused-ring (bicyclic) bond motifs is 1. The Kier molecular flexibility index (Phi) is 4.46. The van der Waals surface area contributed by atoms with Crippen LogP contribution in [0.25, 0.3) is 22.3 Å². The van der Waals surface area contributed by atoms with Crippen LogP contribution >= 0.6 is 11.9 Å². The summed E-state index contributed by atoms with van der Waals surface area (Å²) in [6, 6.07) is 11.5. The lowest BCUT2D eigenvalue weighted by Gasteiger charge is -2.32. The van der Waals surface area contributed by atoms with Gasteiger partial charge in [-0.25, -0.2) is 23.7 Å². The Morgan fingerprint density at radius 3 is 2.65 bits per heavy atom. The fraction of sp³-hybridized carbons (Fsp3) is 0.278. The Balaban J connectivity index is 1.75. The van der Waals surface area contributed by atoms with Crippen LogP contribution in [0.3, 0.4) is 0 Å². The van der Waals surface area contributed by atoms with Gasteiger partial charge in [-0.15, -0.1) is 0 Å². The van der Waals surface area contributed by atoms with Crippen molar-refractivity contribution in [1.82, 2.24) is 15.0 Å². The molecule has 0 aliphatic carbocycles. The van der Waals surface area contributed by atoms with E-state index >= 15 is 0 Å². The number of halogens is 2. The molecule has 1 aromatic carbocycles. The second kappa shape index (κ2) is 6.77. The molecule has 1 fully saturated rings. The Bertz CT molecular complexity index is 940. The van der Waals surface area contributed by atoms with E-state index in [1.54, 1.807) is 0 Å². The number of anilines is 1. The highest BCUT2D eigenvalue weighted by molar-refractivity contribution is 7.97. The molecule has 2 N–H and O–H groups in total. The van der Waals surface area contributed by atoms with E-state index in [0.717, 1.165) is 16.2 Å². The summed E-state index contributed by atoms with van der Waals surface area (Å²) in [6.45, 7) is 0.509. The zero-order chi connectivity index (χ0) is 18.1. The molecule has 0 spiro atoms. The maximum atomic E-state index is 13.5. The second-order valence-corrected chi connectivity index (χ2v) is 6.96. The van der Waals surface area contributed by atoms with Crippen molar-refractivity contribution in [3.63, 3.8) is 0 Å². The van der Waals surface area contributed by atoms with E-state index < -0.39 is 5.92 Å². The van der Waals surface area contributed by atoms with Gasteiger partial charge in [-0.05, 0) is 36.2 Å². The molecule has 0 radical (unpaired) electrons. The van der Waals surface area contributed by atoms with Crippen molar-refractivity contribution in [3.05, 3.63) is 42.7 Å². The lowest BCUT2D eigenvalue weighted by Crippen LogP contribution is -2.39. The zero-order valence-electron chi connectivity index (χ0n) is 13.9. The second-order valence-electron chi connectivity index (χ2n) is 6.25. The van der Waals surface area contributed by atoms with Crippen molar-refractivity contribution >= 4 is 28.8 Å². The predicted molar refractivity (Wildman–Crippen MR) is 99.2 cm³/mol. The molecule has 0 amide bonds. The largest absolute Gasteiger partial charge is 0.354 e. The Labute approximate surface area is 153 Å². The highest BCUT2D eigenvalue weighted by Gasteiger charge is 2.35. The lowest BCUT2D eigenvalue weighted by molar-refractivity contribution is -0.0221. The van der Waals surface area contributed by atoms with Crippen LogP contribution in [-0.4, -0.2) is 34.0 Å². The molecule has 0 unspecified atom stereocenters. The third kappa shape index (κ3) is 3.34. The molecule has 3 aromatic rings. The normalized spacial score (nSPS) is 16.8. The molecule has 26 heavy (non-hydrogen) atoms.